The first-order chi connectivity index (χ1) is 8.49. The number of benzene rings is 2. The minimum Gasteiger partial charge on any atom is -0.505 e. The number of carboxylic acid groups (broad SMARTS) is 1. The molecular weight excluding hydrogens is 237 g/mol. The maximum atomic E-state index is 13.2. The van der Waals surface area contributed by atoms with E-state index in [4.69, 9.17) is 15.9 Å². The Morgan fingerprint density at radius 2 is 1.72 bits per heavy atom. The van der Waals surface area contributed by atoms with E-state index in [-0.39, 0.29) is 11.3 Å². The normalized spacial score (nSPS) is 10.3. The zero-order valence-electron chi connectivity index (χ0n) is 9.22. The topological polar surface area (TPSA) is 83.5 Å². The van der Waals surface area contributed by atoms with Crippen LogP contribution in [0.25, 0.3) is 11.1 Å². The first-order valence-electron chi connectivity index (χ1n) is 5.11. The molecule has 0 aliphatic carbocycles. The summed E-state index contributed by atoms with van der Waals surface area (Å²) in [5, 5.41) is 17.9. The molecule has 2 aromatic carbocycles. The van der Waals surface area contributed by atoms with Crippen LogP contribution in [0.2, 0.25) is 0 Å². The Labute approximate surface area is 102 Å². The molecular formula is C13H10FNO3. The Kier molecular flexibility index (Phi) is 2.89. The van der Waals surface area contributed by atoms with E-state index >= 15 is 0 Å². The number of halogens is 1. The highest BCUT2D eigenvalue weighted by atomic mass is 19.1. The second-order valence-corrected chi connectivity index (χ2v) is 3.77. The molecule has 0 aliphatic rings. The Morgan fingerprint density at radius 3 is 2.28 bits per heavy atom. The van der Waals surface area contributed by atoms with Crippen molar-refractivity contribution in [3.05, 3.63) is 47.8 Å². The highest BCUT2D eigenvalue weighted by molar-refractivity contribution is 5.94. The van der Waals surface area contributed by atoms with Crippen LogP contribution in [0.15, 0.2) is 36.4 Å². The first-order valence-corrected chi connectivity index (χ1v) is 5.11. The molecule has 0 radical (unpaired) electrons. The molecule has 0 amide bonds. The molecule has 2 aromatic rings. The lowest BCUT2D eigenvalue weighted by Gasteiger charge is -2.06. The van der Waals surface area contributed by atoms with Crippen LogP contribution in [0.4, 0.5) is 10.1 Å². The summed E-state index contributed by atoms with van der Waals surface area (Å²) in [6.07, 6.45) is 0. The van der Waals surface area contributed by atoms with Crippen molar-refractivity contribution in [1.82, 2.24) is 0 Å². The smallest absolute Gasteiger partial charge is 0.337 e. The number of nitrogens with two attached hydrogens (primary N) is 1. The summed E-state index contributed by atoms with van der Waals surface area (Å²) in [4.78, 5) is 10.8. The number of carbonyl (C=O) groups is 1. The fraction of sp³-hybridized carbons (Fsp3) is 0. The van der Waals surface area contributed by atoms with Crippen molar-refractivity contribution < 1.29 is 19.4 Å². The predicted octanol–water partition coefficient (Wildman–Crippen LogP) is 2.48. The standard InChI is InChI=1S/C13H10FNO3/c14-10-5-7(2-4-12(10)16)8-1-3-9(13(17)18)11(15)6-8/h1-6,16H,15H2,(H,17,18). The molecule has 0 heterocycles. The van der Waals surface area contributed by atoms with Crippen LogP contribution in [0.5, 0.6) is 5.75 Å². The summed E-state index contributed by atoms with van der Waals surface area (Å²) < 4.78 is 13.2. The number of nitrogen functional groups attached to an aromatic ring is 1. The van der Waals surface area contributed by atoms with Crippen LogP contribution in [-0.4, -0.2) is 16.2 Å². The Bertz CT molecular complexity index is 626. The second-order valence-electron chi connectivity index (χ2n) is 3.77. The SMILES string of the molecule is Nc1cc(-c2ccc(O)c(F)c2)ccc1C(=O)O. The largest absolute Gasteiger partial charge is 0.505 e. The number of phenolic OH excluding ortho intramolecular Hbond substituents is 1. The van der Waals surface area contributed by atoms with Crippen LogP contribution in [0, 0.1) is 5.82 Å². The average molecular weight is 247 g/mol. The van der Waals surface area contributed by atoms with Crippen LogP contribution < -0.4 is 5.73 Å². The monoisotopic (exact) mass is 247 g/mol. The molecule has 0 aliphatic heterocycles. The summed E-state index contributed by atoms with van der Waals surface area (Å²) in [5.74, 6) is -2.29. The second kappa shape index (κ2) is 4.37. The van der Waals surface area contributed by atoms with Gasteiger partial charge in [0.05, 0.1) is 5.56 Å². The van der Waals surface area contributed by atoms with E-state index in [0.29, 0.717) is 11.1 Å². The fourth-order valence-electron chi connectivity index (χ4n) is 1.62. The van der Waals surface area contributed by atoms with Gasteiger partial charge in [-0.1, -0.05) is 12.1 Å². The lowest BCUT2D eigenvalue weighted by atomic mass is 10.0. The third-order valence-electron chi connectivity index (χ3n) is 2.56. The van der Waals surface area contributed by atoms with Gasteiger partial charge in [0.2, 0.25) is 0 Å². The number of hydrogen-bond acceptors (Lipinski definition) is 3. The first kappa shape index (κ1) is 11.9. The zero-order chi connectivity index (χ0) is 13.3. The van der Waals surface area contributed by atoms with Gasteiger partial charge in [-0.15, -0.1) is 0 Å². The summed E-state index contributed by atoms with van der Waals surface area (Å²) in [7, 11) is 0. The van der Waals surface area contributed by atoms with Gasteiger partial charge in [0.15, 0.2) is 11.6 Å². The minimum absolute atomic E-state index is 0.00185. The molecule has 0 saturated carbocycles. The molecule has 2 rings (SSSR count). The minimum atomic E-state index is -1.11. The van der Waals surface area contributed by atoms with Crippen molar-refractivity contribution in [2.45, 2.75) is 0 Å². The molecule has 0 atom stereocenters. The van der Waals surface area contributed by atoms with Crippen molar-refractivity contribution in [2.75, 3.05) is 5.73 Å². The summed E-state index contributed by atoms with van der Waals surface area (Å²) >= 11 is 0. The Hall–Kier alpha value is -2.56. The zero-order valence-corrected chi connectivity index (χ0v) is 9.22. The molecule has 0 fully saturated rings. The molecule has 18 heavy (non-hydrogen) atoms. The molecule has 0 aromatic heterocycles. The lowest BCUT2D eigenvalue weighted by molar-refractivity contribution is 0.0698. The predicted molar refractivity (Wildman–Crippen MR) is 64.9 cm³/mol. The van der Waals surface area contributed by atoms with Crippen molar-refractivity contribution in [2.24, 2.45) is 0 Å². The third kappa shape index (κ3) is 2.10. The van der Waals surface area contributed by atoms with Crippen molar-refractivity contribution in [3.8, 4) is 16.9 Å². The maximum absolute atomic E-state index is 13.2. The van der Waals surface area contributed by atoms with Gasteiger partial charge in [0, 0.05) is 5.69 Å². The molecule has 4 N–H and O–H groups in total. The van der Waals surface area contributed by atoms with E-state index in [0.717, 1.165) is 6.07 Å². The van der Waals surface area contributed by atoms with Crippen molar-refractivity contribution in [3.63, 3.8) is 0 Å². The average Bonchev–Trinajstić information content (AvgIpc) is 2.32. The molecule has 0 saturated heterocycles. The van der Waals surface area contributed by atoms with E-state index < -0.39 is 17.5 Å². The summed E-state index contributed by atoms with van der Waals surface area (Å²) in [5.41, 5.74) is 6.80. The van der Waals surface area contributed by atoms with Crippen molar-refractivity contribution >= 4 is 11.7 Å². The van der Waals surface area contributed by atoms with Crippen LogP contribution in [-0.2, 0) is 0 Å². The number of aromatic hydroxyl groups is 1. The van der Waals surface area contributed by atoms with E-state index in [1.807, 2.05) is 0 Å². The molecule has 0 unspecified atom stereocenters. The van der Waals surface area contributed by atoms with Crippen LogP contribution >= 0.6 is 0 Å². The maximum Gasteiger partial charge on any atom is 0.337 e. The van der Waals surface area contributed by atoms with Gasteiger partial charge in [0.1, 0.15) is 0 Å². The number of phenols is 1. The van der Waals surface area contributed by atoms with E-state index in [1.54, 1.807) is 0 Å². The molecule has 92 valence electrons. The number of hydrogen-bond donors (Lipinski definition) is 3. The third-order valence-corrected chi connectivity index (χ3v) is 2.56. The van der Waals surface area contributed by atoms with Gasteiger partial charge in [-0.05, 0) is 35.4 Å². The quantitative estimate of drug-likeness (QED) is 0.712. The van der Waals surface area contributed by atoms with Gasteiger partial charge in [-0.2, -0.15) is 0 Å². The summed E-state index contributed by atoms with van der Waals surface area (Å²) in [6.45, 7) is 0. The van der Waals surface area contributed by atoms with E-state index in [9.17, 15) is 9.18 Å². The number of rotatable bonds is 2. The van der Waals surface area contributed by atoms with E-state index in [2.05, 4.69) is 0 Å². The highest BCUT2D eigenvalue weighted by Crippen LogP contribution is 2.27. The van der Waals surface area contributed by atoms with Gasteiger partial charge in [0.25, 0.3) is 0 Å². The molecule has 0 bridgehead atoms. The number of anilines is 1. The highest BCUT2D eigenvalue weighted by Gasteiger charge is 2.10. The molecule has 4 nitrogen and oxygen atoms in total. The van der Waals surface area contributed by atoms with E-state index in [1.165, 1.54) is 30.3 Å². The number of carboxylic acids is 1. The lowest BCUT2D eigenvalue weighted by Crippen LogP contribution is -2.02. The van der Waals surface area contributed by atoms with Gasteiger partial charge >= 0.3 is 5.97 Å². The van der Waals surface area contributed by atoms with Gasteiger partial charge in [-0.25, -0.2) is 9.18 Å². The van der Waals surface area contributed by atoms with Gasteiger partial charge in [-0.3, -0.25) is 0 Å². The van der Waals surface area contributed by atoms with Gasteiger partial charge < -0.3 is 15.9 Å². The van der Waals surface area contributed by atoms with Crippen LogP contribution in [0.1, 0.15) is 10.4 Å². The molecule has 5 heteroatoms. The fourth-order valence-corrected chi connectivity index (χ4v) is 1.62. The van der Waals surface area contributed by atoms with Crippen molar-refractivity contribution in [1.29, 1.82) is 0 Å². The molecule has 0 spiro atoms. The Morgan fingerprint density at radius 1 is 1.11 bits per heavy atom. The Balaban J connectivity index is 2.48. The number of aromatic carboxylic acids is 1. The summed E-state index contributed by atoms with van der Waals surface area (Å²) in [6, 6.07) is 8.25. The van der Waals surface area contributed by atoms with Crippen LogP contribution in [0.3, 0.4) is 0 Å².